The minimum Gasteiger partial charge on any atom is -0.378 e. The van der Waals surface area contributed by atoms with Crippen molar-refractivity contribution < 1.29 is 9.53 Å². The number of amides is 1. The summed E-state index contributed by atoms with van der Waals surface area (Å²) in [6.07, 6.45) is 1.80. The van der Waals surface area contributed by atoms with Gasteiger partial charge in [0.15, 0.2) is 0 Å². The van der Waals surface area contributed by atoms with Crippen LogP contribution in [0.5, 0.6) is 0 Å². The smallest absolute Gasteiger partial charge is 0.250 e. The summed E-state index contributed by atoms with van der Waals surface area (Å²) in [5.41, 5.74) is 7.05. The van der Waals surface area contributed by atoms with Crippen molar-refractivity contribution in [3.63, 3.8) is 0 Å². The summed E-state index contributed by atoms with van der Waals surface area (Å²) in [7, 11) is 1.55. The molecule has 0 saturated carbocycles. The van der Waals surface area contributed by atoms with Gasteiger partial charge in [0, 0.05) is 13.3 Å². The van der Waals surface area contributed by atoms with Gasteiger partial charge in [-0.1, -0.05) is 0 Å². The Morgan fingerprint density at radius 1 is 1.67 bits per heavy atom. The molecule has 2 N–H and O–H groups in total. The van der Waals surface area contributed by atoms with Gasteiger partial charge in [0.05, 0.1) is 23.4 Å². The first kappa shape index (κ1) is 9.67. The van der Waals surface area contributed by atoms with Crippen LogP contribution in [0, 0.1) is 0 Å². The van der Waals surface area contributed by atoms with Gasteiger partial charge in [0.25, 0.3) is 5.91 Å². The average molecular weight is 205 g/mol. The molecule has 2 heterocycles. The second-order valence-corrected chi connectivity index (χ2v) is 3.18. The Morgan fingerprint density at radius 3 is 3.13 bits per heavy atom. The van der Waals surface area contributed by atoms with E-state index in [1.165, 1.54) is 0 Å². The number of rotatable bonds is 3. The Balaban J connectivity index is 2.62. The molecule has 78 valence electrons. The predicted octanol–water partition coefficient (Wildman–Crippen LogP) is 0.580. The summed E-state index contributed by atoms with van der Waals surface area (Å²) < 4.78 is 6.64. The summed E-state index contributed by atoms with van der Waals surface area (Å²) in [6, 6.07) is 5.42. The van der Waals surface area contributed by atoms with Gasteiger partial charge in [0.2, 0.25) is 0 Å². The van der Waals surface area contributed by atoms with Gasteiger partial charge in [-0.05, 0) is 18.2 Å². The fourth-order valence-electron chi connectivity index (χ4n) is 1.46. The molecule has 0 unspecified atom stereocenters. The van der Waals surface area contributed by atoms with E-state index in [2.05, 4.69) is 5.10 Å². The van der Waals surface area contributed by atoms with E-state index in [4.69, 9.17) is 10.5 Å². The number of nitrogens with two attached hydrogens (primary N) is 1. The van der Waals surface area contributed by atoms with E-state index < -0.39 is 5.91 Å². The van der Waals surface area contributed by atoms with Crippen molar-refractivity contribution >= 4 is 11.4 Å². The van der Waals surface area contributed by atoms with Crippen LogP contribution in [0.2, 0.25) is 0 Å². The van der Waals surface area contributed by atoms with E-state index in [1.807, 2.05) is 12.1 Å². The second-order valence-electron chi connectivity index (χ2n) is 3.18. The van der Waals surface area contributed by atoms with Crippen LogP contribution in [0.1, 0.15) is 16.1 Å². The third-order valence-electron chi connectivity index (χ3n) is 2.14. The van der Waals surface area contributed by atoms with E-state index in [0.29, 0.717) is 11.3 Å². The number of fused-ring (bicyclic) bond motifs is 1. The van der Waals surface area contributed by atoms with Crippen molar-refractivity contribution in [2.45, 2.75) is 6.61 Å². The molecule has 0 aliphatic rings. The molecule has 0 aliphatic carbocycles. The van der Waals surface area contributed by atoms with Gasteiger partial charge in [-0.15, -0.1) is 0 Å². The first-order valence-electron chi connectivity index (χ1n) is 4.48. The van der Waals surface area contributed by atoms with E-state index in [1.54, 1.807) is 23.9 Å². The number of carbonyl (C=O) groups excluding carboxylic acids is 1. The van der Waals surface area contributed by atoms with Crippen molar-refractivity contribution in [1.29, 1.82) is 0 Å². The molecule has 0 bridgehead atoms. The molecule has 2 aromatic heterocycles. The van der Waals surface area contributed by atoms with Crippen LogP contribution in [0.3, 0.4) is 0 Å². The number of nitrogens with zero attached hydrogens (tertiary/aromatic N) is 2. The molecular weight excluding hydrogens is 194 g/mol. The fourth-order valence-corrected chi connectivity index (χ4v) is 1.46. The lowest BCUT2D eigenvalue weighted by molar-refractivity contribution is 0.0994. The maximum atomic E-state index is 11.2. The Morgan fingerprint density at radius 2 is 2.47 bits per heavy atom. The fraction of sp³-hybridized carbons (Fsp3) is 0.200. The van der Waals surface area contributed by atoms with Crippen molar-refractivity contribution in [2.75, 3.05) is 7.11 Å². The third-order valence-corrected chi connectivity index (χ3v) is 2.14. The highest BCUT2D eigenvalue weighted by Gasteiger charge is 2.11. The molecule has 0 fully saturated rings. The van der Waals surface area contributed by atoms with Crippen molar-refractivity contribution in [1.82, 2.24) is 9.61 Å². The van der Waals surface area contributed by atoms with E-state index in [-0.39, 0.29) is 6.61 Å². The molecule has 15 heavy (non-hydrogen) atoms. The highest BCUT2D eigenvalue weighted by atomic mass is 16.5. The minimum atomic E-state index is -0.488. The molecular formula is C10H11N3O2. The zero-order valence-electron chi connectivity index (χ0n) is 8.30. The maximum absolute atomic E-state index is 11.2. The van der Waals surface area contributed by atoms with Crippen LogP contribution in [-0.2, 0) is 11.3 Å². The summed E-state index contributed by atoms with van der Waals surface area (Å²) in [5.74, 6) is -0.488. The van der Waals surface area contributed by atoms with Crippen molar-refractivity contribution in [3.05, 3.63) is 35.7 Å². The van der Waals surface area contributed by atoms with Gasteiger partial charge in [-0.25, -0.2) is 4.52 Å². The molecule has 2 rings (SSSR count). The number of methoxy groups -OCH3 is 1. The molecule has 5 nitrogen and oxygen atoms in total. The highest BCUT2D eigenvalue weighted by molar-refractivity contribution is 5.94. The van der Waals surface area contributed by atoms with Crippen LogP contribution in [0.15, 0.2) is 24.4 Å². The van der Waals surface area contributed by atoms with Crippen molar-refractivity contribution in [3.8, 4) is 0 Å². The topological polar surface area (TPSA) is 69.6 Å². The Bertz CT molecular complexity index is 504. The normalized spacial score (nSPS) is 10.7. The van der Waals surface area contributed by atoms with Crippen LogP contribution >= 0.6 is 0 Å². The zero-order valence-corrected chi connectivity index (χ0v) is 8.30. The van der Waals surface area contributed by atoms with Crippen LogP contribution in [0.25, 0.3) is 5.52 Å². The molecule has 5 heteroatoms. The molecule has 0 aromatic carbocycles. The van der Waals surface area contributed by atoms with Gasteiger partial charge in [-0.3, -0.25) is 4.79 Å². The molecule has 2 aromatic rings. The SMILES string of the molecule is COCc1nn2cccc2cc1C(N)=O. The zero-order chi connectivity index (χ0) is 10.8. The highest BCUT2D eigenvalue weighted by Crippen LogP contribution is 2.11. The number of carbonyl (C=O) groups is 1. The molecule has 0 atom stereocenters. The number of primary amides is 1. The molecule has 1 amide bonds. The summed E-state index contributed by atoms with van der Waals surface area (Å²) in [6.45, 7) is 0.270. The summed E-state index contributed by atoms with van der Waals surface area (Å²) in [5, 5.41) is 4.24. The predicted molar refractivity (Wildman–Crippen MR) is 54.4 cm³/mol. The monoisotopic (exact) mass is 205 g/mol. The Hall–Kier alpha value is -1.88. The van der Waals surface area contributed by atoms with Crippen LogP contribution in [0.4, 0.5) is 0 Å². The first-order chi connectivity index (χ1) is 7.22. The Kier molecular flexibility index (Phi) is 2.39. The van der Waals surface area contributed by atoms with E-state index >= 15 is 0 Å². The number of hydrogen-bond acceptors (Lipinski definition) is 3. The lowest BCUT2D eigenvalue weighted by Gasteiger charge is -2.05. The minimum absolute atomic E-state index is 0.270. The molecule has 0 radical (unpaired) electrons. The van der Waals surface area contributed by atoms with Crippen molar-refractivity contribution in [2.24, 2.45) is 5.73 Å². The quantitative estimate of drug-likeness (QED) is 0.796. The number of hydrogen-bond donors (Lipinski definition) is 1. The number of aromatic nitrogens is 2. The average Bonchev–Trinajstić information content (AvgIpc) is 2.63. The second kappa shape index (κ2) is 3.70. The van der Waals surface area contributed by atoms with Crippen LogP contribution < -0.4 is 5.73 Å². The van der Waals surface area contributed by atoms with Gasteiger partial charge in [0.1, 0.15) is 0 Å². The molecule has 0 aliphatic heterocycles. The van der Waals surface area contributed by atoms with Gasteiger partial charge < -0.3 is 10.5 Å². The standard InChI is InChI=1S/C10H11N3O2/c1-15-6-9-8(10(11)14)5-7-3-2-4-13(7)12-9/h2-5H,6H2,1H3,(H2,11,14). The van der Waals surface area contributed by atoms with Crippen LogP contribution in [-0.4, -0.2) is 22.6 Å². The molecule has 0 saturated heterocycles. The molecule has 0 spiro atoms. The van der Waals surface area contributed by atoms with E-state index in [9.17, 15) is 4.79 Å². The van der Waals surface area contributed by atoms with Gasteiger partial charge in [-0.2, -0.15) is 5.10 Å². The first-order valence-corrected chi connectivity index (χ1v) is 4.48. The Labute approximate surface area is 86.4 Å². The summed E-state index contributed by atoms with van der Waals surface area (Å²) >= 11 is 0. The summed E-state index contributed by atoms with van der Waals surface area (Å²) in [4.78, 5) is 11.2. The lowest BCUT2D eigenvalue weighted by atomic mass is 10.2. The lowest BCUT2D eigenvalue weighted by Crippen LogP contribution is -2.16. The maximum Gasteiger partial charge on any atom is 0.250 e. The third kappa shape index (κ3) is 1.69. The largest absolute Gasteiger partial charge is 0.378 e. The van der Waals surface area contributed by atoms with E-state index in [0.717, 1.165) is 5.52 Å². The number of ether oxygens (including phenoxy) is 1. The van der Waals surface area contributed by atoms with Gasteiger partial charge >= 0.3 is 0 Å².